The Bertz CT molecular complexity index is 472. The van der Waals surface area contributed by atoms with Crippen LogP contribution in [0.3, 0.4) is 0 Å². The van der Waals surface area contributed by atoms with Crippen LogP contribution in [0.25, 0.3) is 0 Å². The molecule has 1 aromatic carbocycles. The van der Waals surface area contributed by atoms with Gasteiger partial charge < -0.3 is 14.9 Å². The van der Waals surface area contributed by atoms with Crippen LogP contribution in [0.15, 0.2) is 24.3 Å². The first-order chi connectivity index (χ1) is 9.41. The first-order valence-corrected chi connectivity index (χ1v) is 6.63. The van der Waals surface area contributed by atoms with E-state index in [9.17, 15) is 9.59 Å². The van der Waals surface area contributed by atoms with Gasteiger partial charge in [0.05, 0.1) is 6.42 Å². The van der Waals surface area contributed by atoms with Crippen molar-refractivity contribution >= 4 is 11.9 Å². The fourth-order valence-corrected chi connectivity index (χ4v) is 1.85. The van der Waals surface area contributed by atoms with Crippen LogP contribution in [0.2, 0.25) is 0 Å². The van der Waals surface area contributed by atoms with Crippen molar-refractivity contribution in [2.24, 2.45) is 0 Å². The minimum Gasteiger partial charge on any atom is -0.481 e. The number of carboxylic acid groups (broad SMARTS) is 1. The highest BCUT2D eigenvalue weighted by atomic mass is 16.4. The summed E-state index contributed by atoms with van der Waals surface area (Å²) in [7, 11) is 3.85. The maximum absolute atomic E-state index is 12.5. The zero-order valence-corrected chi connectivity index (χ0v) is 12.3. The van der Waals surface area contributed by atoms with E-state index in [1.807, 2.05) is 44.1 Å². The Hall–Kier alpha value is -1.88. The number of hydrogen-bond acceptors (Lipinski definition) is 3. The fraction of sp³-hybridized carbons (Fsp3) is 0.467. The van der Waals surface area contributed by atoms with Gasteiger partial charge in [0.25, 0.3) is 5.91 Å². The van der Waals surface area contributed by atoms with Crippen LogP contribution in [0, 0.1) is 6.92 Å². The highest BCUT2D eigenvalue weighted by Gasteiger charge is 2.18. The van der Waals surface area contributed by atoms with Crippen molar-refractivity contribution in [1.29, 1.82) is 0 Å². The molecule has 0 fully saturated rings. The van der Waals surface area contributed by atoms with Gasteiger partial charge >= 0.3 is 5.97 Å². The first-order valence-electron chi connectivity index (χ1n) is 6.63. The second kappa shape index (κ2) is 7.65. The summed E-state index contributed by atoms with van der Waals surface area (Å²) >= 11 is 0. The van der Waals surface area contributed by atoms with Crippen molar-refractivity contribution in [2.45, 2.75) is 13.3 Å². The van der Waals surface area contributed by atoms with Crippen molar-refractivity contribution in [1.82, 2.24) is 9.80 Å². The number of hydrogen-bond donors (Lipinski definition) is 1. The molecule has 0 saturated heterocycles. The van der Waals surface area contributed by atoms with Crippen LogP contribution in [0.1, 0.15) is 22.3 Å². The van der Waals surface area contributed by atoms with Gasteiger partial charge in [0.15, 0.2) is 0 Å². The number of aliphatic carboxylic acids is 1. The van der Waals surface area contributed by atoms with Gasteiger partial charge in [-0.15, -0.1) is 0 Å². The van der Waals surface area contributed by atoms with E-state index in [-0.39, 0.29) is 18.9 Å². The Balaban J connectivity index is 2.82. The Morgan fingerprint density at radius 2 is 1.75 bits per heavy atom. The Morgan fingerprint density at radius 3 is 2.30 bits per heavy atom. The number of carbonyl (C=O) groups is 2. The molecule has 0 spiro atoms. The molecule has 20 heavy (non-hydrogen) atoms. The van der Waals surface area contributed by atoms with E-state index in [0.29, 0.717) is 18.7 Å². The first kappa shape index (κ1) is 16.2. The third kappa shape index (κ3) is 5.01. The molecule has 0 aromatic heterocycles. The molecule has 5 nitrogen and oxygen atoms in total. The van der Waals surface area contributed by atoms with Crippen molar-refractivity contribution in [3.63, 3.8) is 0 Å². The second-order valence-corrected chi connectivity index (χ2v) is 5.05. The largest absolute Gasteiger partial charge is 0.481 e. The summed E-state index contributed by atoms with van der Waals surface area (Å²) in [6.07, 6.45) is -0.0367. The van der Waals surface area contributed by atoms with E-state index in [2.05, 4.69) is 0 Å². The van der Waals surface area contributed by atoms with Crippen LogP contribution < -0.4 is 0 Å². The molecule has 0 saturated carbocycles. The maximum Gasteiger partial charge on any atom is 0.305 e. The average Bonchev–Trinajstić information content (AvgIpc) is 2.38. The van der Waals surface area contributed by atoms with Crippen LogP contribution in [0.5, 0.6) is 0 Å². The number of rotatable bonds is 7. The molecule has 1 rings (SSSR count). The summed E-state index contributed by atoms with van der Waals surface area (Å²) < 4.78 is 0. The highest BCUT2D eigenvalue weighted by Crippen LogP contribution is 2.11. The number of likely N-dealkylation sites (N-methyl/N-ethyl adjacent to an activating group) is 1. The van der Waals surface area contributed by atoms with Crippen LogP contribution >= 0.6 is 0 Å². The zero-order valence-electron chi connectivity index (χ0n) is 12.3. The number of amides is 1. The smallest absolute Gasteiger partial charge is 0.305 e. The lowest BCUT2D eigenvalue weighted by molar-refractivity contribution is -0.137. The van der Waals surface area contributed by atoms with Gasteiger partial charge in [-0.25, -0.2) is 0 Å². The molecule has 0 bridgehead atoms. The normalized spacial score (nSPS) is 10.6. The summed E-state index contributed by atoms with van der Waals surface area (Å²) in [4.78, 5) is 26.8. The van der Waals surface area contributed by atoms with E-state index >= 15 is 0 Å². The lowest BCUT2D eigenvalue weighted by atomic mass is 10.1. The summed E-state index contributed by atoms with van der Waals surface area (Å²) in [5, 5.41) is 8.80. The van der Waals surface area contributed by atoms with Crippen molar-refractivity contribution in [3.05, 3.63) is 35.4 Å². The lowest BCUT2D eigenvalue weighted by Gasteiger charge is -2.24. The summed E-state index contributed by atoms with van der Waals surface area (Å²) in [6.45, 7) is 3.34. The molecule has 0 unspecified atom stereocenters. The standard InChI is InChI=1S/C15H22N2O3/c1-12-6-4-5-7-13(12)15(20)17(9-8-14(18)19)11-10-16(2)3/h4-7H,8-11H2,1-3H3,(H,18,19). The predicted molar refractivity (Wildman–Crippen MR) is 77.9 cm³/mol. The molecule has 5 heteroatoms. The van der Waals surface area contributed by atoms with Crippen molar-refractivity contribution in [2.75, 3.05) is 33.7 Å². The van der Waals surface area contributed by atoms with E-state index in [1.165, 1.54) is 0 Å². The van der Waals surface area contributed by atoms with Gasteiger partial charge in [-0.2, -0.15) is 0 Å². The van der Waals surface area contributed by atoms with E-state index < -0.39 is 5.97 Å². The van der Waals surface area contributed by atoms with E-state index in [4.69, 9.17) is 5.11 Å². The number of nitrogens with zero attached hydrogens (tertiary/aromatic N) is 2. The second-order valence-electron chi connectivity index (χ2n) is 5.05. The van der Waals surface area contributed by atoms with Crippen LogP contribution in [-0.4, -0.2) is 60.5 Å². The predicted octanol–water partition coefficient (Wildman–Crippen LogP) is 1.47. The molecule has 1 aromatic rings. The van der Waals surface area contributed by atoms with Gasteiger partial charge in [-0.05, 0) is 32.6 Å². The van der Waals surface area contributed by atoms with E-state index in [1.54, 1.807) is 11.0 Å². The minimum absolute atomic E-state index is 0.0367. The molecule has 1 N–H and O–H groups in total. The number of carboxylic acids is 1. The van der Waals surface area contributed by atoms with Gasteiger partial charge in [0.2, 0.25) is 0 Å². The molecule has 0 atom stereocenters. The molecule has 110 valence electrons. The molecular weight excluding hydrogens is 256 g/mol. The molecule has 0 aliphatic rings. The van der Waals surface area contributed by atoms with Gasteiger partial charge in [0.1, 0.15) is 0 Å². The zero-order chi connectivity index (χ0) is 15.1. The topological polar surface area (TPSA) is 60.9 Å². The Labute approximate surface area is 119 Å². The highest BCUT2D eigenvalue weighted by molar-refractivity contribution is 5.95. The molecule has 1 amide bonds. The lowest BCUT2D eigenvalue weighted by Crippen LogP contribution is -2.38. The number of carbonyl (C=O) groups excluding carboxylic acids is 1. The average molecular weight is 278 g/mol. The number of aryl methyl sites for hydroxylation is 1. The SMILES string of the molecule is Cc1ccccc1C(=O)N(CCC(=O)O)CCN(C)C. The monoisotopic (exact) mass is 278 g/mol. The quantitative estimate of drug-likeness (QED) is 0.820. The van der Waals surface area contributed by atoms with Crippen molar-refractivity contribution < 1.29 is 14.7 Å². The third-order valence-corrected chi connectivity index (χ3v) is 3.08. The maximum atomic E-state index is 12.5. The molecule has 0 heterocycles. The molecule has 0 radical (unpaired) electrons. The Morgan fingerprint density at radius 1 is 1.10 bits per heavy atom. The van der Waals surface area contributed by atoms with Crippen LogP contribution in [0.4, 0.5) is 0 Å². The van der Waals surface area contributed by atoms with Crippen molar-refractivity contribution in [3.8, 4) is 0 Å². The Kier molecular flexibility index (Phi) is 6.18. The fourth-order valence-electron chi connectivity index (χ4n) is 1.85. The molecular formula is C15H22N2O3. The minimum atomic E-state index is -0.891. The van der Waals surface area contributed by atoms with Gasteiger partial charge in [-0.1, -0.05) is 18.2 Å². The summed E-state index contributed by atoms with van der Waals surface area (Å²) in [6, 6.07) is 7.37. The van der Waals surface area contributed by atoms with Gasteiger partial charge in [0, 0.05) is 25.2 Å². The third-order valence-electron chi connectivity index (χ3n) is 3.08. The van der Waals surface area contributed by atoms with Gasteiger partial charge in [-0.3, -0.25) is 9.59 Å². The summed E-state index contributed by atoms with van der Waals surface area (Å²) in [5.74, 6) is -0.997. The van der Waals surface area contributed by atoms with Crippen LogP contribution in [-0.2, 0) is 4.79 Å². The summed E-state index contributed by atoms with van der Waals surface area (Å²) in [5.41, 5.74) is 1.54. The molecule has 0 aliphatic heterocycles. The van der Waals surface area contributed by atoms with E-state index in [0.717, 1.165) is 5.56 Å². The molecule has 0 aliphatic carbocycles. The number of benzene rings is 1.